The molecule has 5 heteroatoms. The van der Waals surface area contributed by atoms with Crippen molar-refractivity contribution >= 4 is 17.2 Å². The average Bonchev–Trinajstić information content (AvgIpc) is 2.91. The normalized spacial score (nSPS) is 29.6. The summed E-state index contributed by atoms with van der Waals surface area (Å²) in [5, 5.41) is 14.1. The molecule has 4 nitrogen and oxygen atoms in total. The molecule has 1 aromatic rings. The van der Waals surface area contributed by atoms with Crippen molar-refractivity contribution < 1.29 is 14.6 Å². The van der Waals surface area contributed by atoms with Crippen LogP contribution in [0.25, 0.3) is 0 Å². The van der Waals surface area contributed by atoms with Crippen LogP contribution < -0.4 is 0 Å². The van der Waals surface area contributed by atoms with Crippen molar-refractivity contribution in [3.8, 4) is 0 Å². The number of ether oxygens (including phenoxy) is 1. The van der Waals surface area contributed by atoms with Crippen LogP contribution >= 0.6 is 11.3 Å². The highest BCUT2D eigenvalue weighted by molar-refractivity contribution is 7.08. The van der Waals surface area contributed by atoms with Crippen molar-refractivity contribution in [1.29, 1.82) is 0 Å². The summed E-state index contributed by atoms with van der Waals surface area (Å²) in [5.74, 6) is 0.115. The Kier molecular flexibility index (Phi) is 3.60. The number of piperidine rings is 1. The second kappa shape index (κ2) is 5.13. The topological polar surface area (TPSA) is 49.8 Å². The third-order valence-corrected chi connectivity index (χ3v) is 5.17. The molecule has 2 aliphatic heterocycles. The van der Waals surface area contributed by atoms with Gasteiger partial charge in [0.2, 0.25) is 0 Å². The van der Waals surface area contributed by atoms with E-state index in [1.807, 2.05) is 28.7 Å². The number of thiophene rings is 1. The molecule has 1 aromatic heterocycles. The van der Waals surface area contributed by atoms with Crippen molar-refractivity contribution in [2.45, 2.75) is 43.8 Å². The van der Waals surface area contributed by atoms with Gasteiger partial charge in [0.25, 0.3) is 5.91 Å². The Bertz CT molecular complexity index is 475. The third-order valence-electron chi connectivity index (χ3n) is 4.48. The van der Waals surface area contributed by atoms with Gasteiger partial charge in [-0.25, -0.2) is 0 Å². The highest BCUT2D eigenvalue weighted by Crippen LogP contribution is 2.39. The predicted octanol–water partition coefficient (Wildman–Crippen LogP) is 2.28. The molecule has 0 saturated carbocycles. The monoisotopic (exact) mass is 295 g/mol. The first-order valence-corrected chi connectivity index (χ1v) is 8.12. The van der Waals surface area contributed by atoms with Crippen molar-refractivity contribution in [3.05, 3.63) is 22.4 Å². The van der Waals surface area contributed by atoms with Crippen LogP contribution in [-0.2, 0) is 4.74 Å². The zero-order valence-corrected chi connectivity index (χ0v) is 12.6. The molecule has 3 heterocycles. The highest BCUT2D eigenvalue weighted by Gasteiger charge is 2.44. The number of nitrogens with zero attached hydrogens (tertiary/aromatic N) is 1. The smallest absolute Gasteiger partial charge is 0.254 e. The molecule has 0 aromatic carbocycles. The molecule has 110 valence electrons. The minimum absolute atomic E-state index is 0.115. The Morgan fingerprint density at radius 1 is 1.40 bits per heavy atom. The Morgan fingerprint density at radius 3 is 2.75 bits per heavy atom. The van der Waals surface area contributed by atoms with Gasteiger partial charge in [-0.15, -0.1) is 0 Å². The fourth-order valence-electron chi connectivity index (χ4n) is 3.33. The Balaban J connectivity index is 1.63. The summed E-state index contributed by atoms with van der Waals surface area (Å²) >= 11 is 1.55. The number of rotatable bonds is 1. The summed E-state index contributed by atoms with van der Waals surface area (Å²) < 4.78 is 5.96. The van der Waals surface area contributed by atoms with Crippen molar-refractivity contribution in [2.75, 3.05) is 19.7 Å². The van der Waals surface area contributed by atoms with Gasteiger partial charge in [0, 0.05) is 24.9 Å². The quantitative estimate of drug-likeness (QED) is 0.865. The lowest BCUT2D eigenvalue weighted by atomic mass is 9.78. The van der Waals surface area contributed by atoms with Crippen molar-refractivity contribution in [3.63, 3.8) is 0 Å². The summed E-state index contributed by atoms with van der Waals surface area (Å²) in [6.07, 6.45) is 3.02. The summed E-state index contributed by atoms with van der Waals surface area (Å²) in [6.45, 7) is 3.93. The van der Waals surface area contributed by atoms with Crippen LogP contribution in [-0.4, -0.2) is 46.8 Å². The van der Waals surface area contributed by atoms with Gasteiger partial charge in [-0.05, 0) is 37.6 Å². The molecule has 0 bridgehead atoms. The summed E-state index contributed by atoms with van der Waals surface area (Å²) in [7, 11) is 0. The van der Waals surface area contributed by atoms with Gasteiger partial charge in [0.1, 0.15) is 0 Å². The molecule has 1 amide bonds. The molecule has 1 N–H and O–H groups in total. The fourth-order valence-corrected chi connectivity index (χ4v) is 3.96. The van der Waals surface area contributed by atoms with Gasteiger partial charge in [-0.3, -0.25) is 4.79 Å². The molecule has 1 atom stereocenters. The molecule has 2 saturated heterocycles. The van der Waals surface area contributed by atoms with E-state index in [1.165, 1.54) is 0 Å². The predicted molar refractivity (Wildman–Crippen MR) is 78.0 cm³/mol. The standard InChI is InChI=1S/C15H21NO3S/c1-14(18)5-8-19-15(11-14)3-6-16(7-4-15)13(17)12-2-9-20-10-12/h2,9-10,18H,3-8,11H2,1H3. The minimum Gasteiger partial charge on any atom is -0.390 e. The van der Waals surface area contributed by atoms with Crippen LogP contribution in [0.4, 0.5) is 0 Å². The van der Waals surface area contributed by atoms with Crippen LogP contribution in [0.1, 0.15) is 43.0 Å². The number of aliphatic hydroxyl groups is 1. The summed E-state index contributed by atoms with van der Waals surface area (Å²) in [4.78, 5) is 14.2. The van der Waals surface area contributed by atoms with E-state index in [9.17, 15) is 9.90 Å². The van der Waals surface area contributed by atoms with Gasteiger partial charge in [0.05, 0.1) is 23.4 Å². The van der Waals surface area contributed by atoms with Crippen LogP contribution in [0.2, 0.25) is 0 Å². The lowest BCUT2D eigenvalue weighted by molar-refractivity contribution is -0.170. The van der Waals surface area contributed by atoms with Crippen LogP contribution in [0, 0.1) is 0 Å². The highest BCUT2D eigenvalue weighted by atomic mass is 32.1. The van der Waals surface area contributed by atoms with E-state index in [0.717, 1.165) is 18.4 Å². The van der Waals surface area contributed by atoms with Crippen LogP contribution in [0.15, 0.2) is 16.8 Å². The van der Waals surface area contributed by atoms with Crippen LogP contribution in [0.3, 0.4) is 0 Å². The molecular formula is C15H21NO3S. The van der Waals surface area contributed by atoms with E-state index in [4.69, 9.17) is 4.74 Å². The number of carbonyl (C=O) groups excluding carboxylic acids is 1. The first-order valence-electron chi connectivity index (χ1n) is 7.18. The lowest BCUT2D eigenvalue weighted by Crippen LogP contribution is -2.54. The van der Waals surface area contributed by atoms with E-state index in [0.29, 0.717) is 32.5 Å². The van der Waals surface area contributed by atoms with Gasteiger partial charge in [-0.1, -0.05) is 0 Å². The number of hydrogen-bond acceptors (Lipinski definition) is 4. The zero-order chi connectivity index (χ0) is 14.2. The maximum atomic E-state index is 12.3. The second-order valence-corrected chi connectivity index (χ2v) is 7.04. The van der Waals surface area contributed by atoms with Crippen LogP contribution in [0.5, 0.6) is 0 Å². The van der Waals surface area contributed by atoms with Crippen molar-refractivity contribution in [1.82, 2.24) is 4.90 Å². The summed E-state index contributed by atoms with van der Waals surface area (Å²) in [5.41, 5.74) is -0.0761. The van der Waals surface area contributed by atoms with Crippen molar-refractivity contribution in [2.24, 2.45) is 0 Å². The molecule has 0 aliphatic carbocycles. The maximum Gasteiger partial charge on any atom is 0.254 e. The molecule has 3 rings (SSSR count). The largest absolute Gasteiger partial charge is 0.390 e. The minimum atomic E-state index is -0.627. The molecule has 1 unspecified atom stereocenters. The number of hydrogen-bond donors (Lipinski definition) is 1. The number of amides is 1. The van der Waals surface area contributed by atoms with E-state index in [2.05, 4.69) is 0 Å². The Hall–Kier alpha value is -0.910. The number of carbonyl (C=O) groups is 1. The zero-order valence-electron chi connectivity index (χ0n) is 11.8. The van der Waals surface area contributed by atoms with Gasteiger partial charge >= 0.3 is 0 Å². The Labute approximate surface area is 123 Å². The van der Waals surface area contributed by atoms with E-state index >= 15 is 0 Å². The SMILES string of the molecule is CC1(O)CCOC2(CCN(C(=O)c3ccsc3)CC2)C1. The molecule has 20 heavy (non-hydrogen) atoms. The lowest BCUT2D eigenvalue weighted by Gasteiger charge is -2.48. The first-order chi connectivity index (χ1) is 9.50. The van der Waals surface area contributed by atoms with E-state index in [-0.39, 0.29) is 11.5 Å². The van der Waals surface area contributed by atoms with E-state index in [1.54, 1.807) is 11.3 Å². The van der Waals surface area contributed by atoms with Gasteiger partial charge < -0.3 is 14.7 Å². The molecule has 2 aliphatic rings. The molecule has 1 spiro atoms. The molecule has 2 fully saturated rings. The average molecular weight is 295 g/mol. The maximum absolute atomic E-state index is 12.3. The number of likely N-dealkylation sites (tertiary alicyclic amines) is 1. The third kappa shape index (κ3) is 2.75. The van der Waals surface area contributed by atoms with Gasteiger partial charge in [0.15, 0.2) is 0 Å². The van der Waals surface area contributed by atoms with E-state index < -0.39 is 5.60 Å². The molecular weight excluding hydrogens is 274 g/mol. The first kappa shape index (κ1) is 14.0. The second-order valence-electron chi connectivity index (χ2n) is 6.26. The Morgan fingerprint density at radius 2 is 2.15 bits per heavy atom. The summed E-state index contributed by atoms with van der Waals surface area (Å²) in [6, 6.07) is 1.87. The fraction of sp³-hybridized carbons (Fsp3) is 0.667. The molecule has 0 radical (unpaired) electrons. The van der Waals surface area contributed by atoms with Gasteiger partial charge in [-0.2, -0.15) is 11.3 Å².